The molecular formula is C9H15NO3. The van der Waals surface area contributed by atoms with Crippen molar-refractivity contribution in [2.75, 3.05) is 13.2 Å². The van der Waals surface area contributed by atoms with E-state index in [-0.39, 0.29) is 18.2 Å². The Kier molecular flexibility index (Phi) is 3.03. The predicted octanol–water partition coefficient (Wildman–Crippen LogP) is 0.261. The first-order valence-electron chi connectivity index (χ1n) is 4.46. The van der Waals surface area contributed by atoms with Gasteiger partial charge < -0.3 is 10.1 Å². The molecule has 1 saturated heterocycles. The summed E-state index contributed by atoms with van der Waals surface area (Å²) in [5.74, 6) is -0.227. The first-order valence-corrected chi connectivity index (χ1v) is 4.46. The standard InChI is InChI=1S/C9H15NO3/c1-7(11)6-10-8(12)9(2)4-3-5-13-9/h3-6H2,1-2H3,(H,10,12). The average Bonchev–Trinajstić information content (AvgIpc) is 2.49. The molecule has 0 aliphatic carbocycles. The second-order valence-electron chi connectivity index (χ2n) is 3.57. The fourth-order valence-electron chi connectivity index (χ4n) is 1.35. The molecule has 0 aromatic carbocycles. The molecule has 1 aliphatic rings. The molecule has 1 rings (SSSR count). The van der Waals surface area contributed by atoms with Crippen LogP contribution in [0.4, 0.5) is 0 Å². The highest BCUT2D eigenvalue weighted by Crippen LogP contribution is 2.24. The number of hydrogen-bond acceptors (Lipinski definition) is 3. The molecular weight excluding hydrogens is 170 g/mol. The van der Waals surface area contributed by atoms with Crippen molar-refractivity contribution in [3.05, 3.63) is 0 Å². The highest BCUT2D eigenvalue weighted by atomic mass is 16.5. The Morgan fingerprint density at radius 3 is 2.69 bits per heavy atom. The van der Waals surface area contributed by atoms with Crippen molar-refractivity contribution in [3.63, 3.8) is 0 Å². The van der Waals surface area contributed by atoms with Crippen LogP contribution in [-0.4, -0.2) is 30.4 Å². The summed E-state index contributed by atoms with van der Waals surface area (Å²) in [5, 5.41) is 2.55. The van der Waals surface area contributed by atoms with E-state index >= 15 is 0 Å². The van der Waals surface area contributed by atoms with E-state index in [1.165, 1.54) is 6.92 Å². The fourth-order valence-corrected chi connectivity index (χ4v) is 1.35. The number of Topliss-reactive ketones (excluding diaryl/α,β-unsaturated/α-hetero) is 1. The first kappa shape index (κ1) is 10.2. The third-order valence-electron chi connectivity index (χ3n) is 2.20. The SMILES string of the molecule is CC(=O)CNC(=O)C1(C)CCCO1. The number of nitrogens with one attached hydrogen (secondary N) is 1. The molecule has 4 nitrogen and oxygen atoms in total. The summed E-state index contributed by atoms with van der Waals surface area (Å²) >= 11 is 0. The second-order valence-corrected chi connectivity index (χ2v) is 3.57. The van der Waals surface area contributed by atoms with E-state index < -0.39 is 5.60 Å². The molecule has 0 saturated carbocycles. The number of carbonyl (C=O) groups excluding carboxylic acids is 2. The fraction of sp³-hybridized carbons (Fsp3) is 0.778. The van der Waals surface area contributed by atoms with Crippen LogP contribution in [0.25, 0.3) is 0 Å². The zero-order valence-electron chi connectivity index (χ0n) is 8.05. The summed E-state index contributed by atoms with van der Waals surface area (Å²) in [6.07, 6.45) is 1.64. The lowest BCUT2D eigenvalue weighted by molar-refractivity contribution is -0.140. The van der Waals surface area contributed by atoms with Gasteiger partial charge in [-0.2, -0.15) is 0 Å². The number of ether oxygens (including phenoxy) is 1. The Morgan fingerprint density at radius 1 is 1.54 bits per heavy atom. The summed E-state index contributed by atoms with van der Waals surface area (Å²) in [6, 6.07) is 0. The maximum Gasteiger partial charge on any atom is 0.252 e. The Morgan fingerprint density at radius 2 is 2.23 bits per heavy atom. The van der Waals surface area contributed by atoms with Crippen LogP contribution in [0, 0.1) is 0 Å². The highest BCUT2D eigenvalue weighted by molar-refractivity contribution is 5.89. The number of ketones is 1. The smallest absolute Gasteiger partial charge is 0.252 e. The molecule has 1 aliphatic heterocycles. The molecule has 0 bridgehead atoms. The summed E-state index contributed by atoms with van der Waals surface area (Å²) in [5.41, 5.74) is -0.713. The molecule has 13 heavy (non-hydrogen) atoms. The number of carbonyl (C=O) groups is 2. The zero-order valence-corrected chi connectivity index (χ0v) is 8.05. The van der Waals surface area contributed by atoms with Crippen LogP contribution in [0.15, 0.2) is 0 Å². The van der Waals surface area contributed by atoms with E-state index in [4.69, 9.17) is 4.74 Å². The van der Waals surface area contributed by atoms with E-state index in [1.54, 1.807) is 6.92 Å². The van der Waals surface area contributed by atoms with E-state index in [1.807, 2.05) is 0 Å². The van der Waals surface area contributed by atoms with Crippen molar-refractivity contribution in [3.8, 4) is 0 Å². The lowest BCUT2D eigenvalue weighted by Crippen LogP contribution is -2.45. The molecule has 1 unspecified atom stereocenters. The van der Waals surface area contributed by atoms with E-state index in [2.05, 4.69) is 5.32 Å². The Hall–Kier alpha value is -0.900. The van der Waals surface area contributed by atoms with Gasteiger partial charge in [0.25, 0.3) is 5.91 Å². The highest BCUT2D eigenvalue weighted by Gasteiger charge is 2.37. The maximum atomic E-state index is 11.5. The molecule has 1 fully saturated rings. The van der Waals surface area contributed by atoms with Crippen molar-refractivity contribution < 1.29 is 14.3 Å². The maximum absolute atomic E-state index is 11.5. The van der Waals surface area contributed by atoms with Crippen LogP contribution >= 0.6 is 0 Å². The molecule has 1 heterocycles. The summed E-state index contributed by atoms with van der Waals surface area (Å²) < 4.78 is 5.31. The Balaban J connectivity index is 2.42. The lowest BCUT2D eigenvalue weighted by atomic mass is 10.0. The molecule has 0 aromatic rings. The molecule has 4 heteroatoms. The summed E-state index contributed by atoms with van der Waals surface area (Å²) in [6.45, 7) is 3.93. The monoisotopic (exact) mass is 185 g/mol. The molecule has 0 radical (unpaired) electrons. The van der Waals surface area contributed by atoms with Gasteiger partial charge in [0, 0.05) is 6.61 Å². The van der Waals surface area contributed by atoms with E-state index in [0.29, 0.717) is 6.61 Å². The number of hydrogen-bond donors (Lipinski definition) is 1. The van der Waals surface area contributed by atoms with Gasteiger partial charge in [-0.25, -0.2) is 0 Å². The minimum atomic E-state index is -0.713. The first-order chi connectivity index (χ1) is 6.04. The largest absolute Gasteiger partial charge is 0.365 e. The minimum Gasteiger partial charge on any atom is -0.365 e. The molecule has 1 N–H and O–H groups in total. The van der Waals surface area contributed by atoms with Gasteiger partial charge in [0.15, 0.2) is 0 Å². The third-order valence-corrected chi connectivity index (χ3v) is 2.20. The van der Waals surface area contributed by atoms with Crippen molar-refractivity contribution >= 4 is 11.7 Å². The average molecular weight is 185 g/mol. The zero-order chi connectivity index (χ0) is 9.90. The van der Waals surface area contributed by atoms with Crippen molar-refractivity contribution in [2.45, 2.75) is 32.3 Å². The van der Waals surface area contributed by atoms with Crippen LogP contribution in [0.3, 0.4) is 0 Å². The minimum absolute atomic E-state index is 0.0463. The van der Waals surface area contributed by atoms with Gasteiger partial charge in [-0.1, -0.05) is 0 Å². The second kappa shape index (κ2) is 3.87. The molecule has 1 amide bonds. The molecule has 0 aromatic heterocycles. The topological polar surface area (TPSA) is 55.4 Å². The number of rotatable bonds is 3. The van der Waals surface area contributed by atoms with Gasteiger partial charge in [0.05, 0.1) is 6.54 Å². The number of amides is 1. The van der Waals surface area contributed by atoms with Gasteiger partial charge in [-0.05, 0) is 26.7 Å². The van der Waals surface area contributed by atoms with Gasteiger partial charge in [-0.15, -0.1) is 0 Å². The lowest BCUT2D eigenvalue weighted by Gasteiger charge is -2.21. The summed E-state index contributed by atoms with van der Waals surface area (Å²) in [7, 11) is 0. The van der Waals surface area contributed by atoms with E-state index in [9.17, 15) is 9.59 Å². The Labute approximate surface area is 77.6 Å². The van der Waals surface area contributed by atoms with Crippen LogP contribution < -0.4 is 5.32 Å². The van der Waals surface area contributed by atoms with Gasteiger partial charge in [0.1, 0.15) is 11.4 Å². The van der Waals surface area contributed by atoms with Crippen LogP contribution in [0.2, 0.25) is 0 Å². The van der Waals surface area contributed by atoms with E-state index in [0.717, 1.165) is 12.8 Å². The van der Waals surface area contributed by atoms with Gasteiger partial charge in [-0.3, -0.25) is 9.59 Å². The van der Waals surface area contributed by atoms with Crippen LogP contribution in [0.5, 0.6) is 0 Å². The quantitative estimate of drug-likeness (QED) is 0.686. The normalized spacial score (nSPS) is 27.2. The molecule has 74 valence electrons. The van der Waals surface area contributed by atoms with Crippen molar-refractivity contribution in [1.82, 2.24) is 5.32 Å². The van der Waals surface area contributed by atoms with Crippen LogP contribution in [-0.2, 0) is 14.3 Å². The predicted molar refractivity (Wildman–Crippen MR) is 47.3 cm³/mol. The summed E-state index contributed by atoms with van der Waals surface area (Å²) in [4.78, 5) is 22.1. The Bertz CT molecular complexity index is 219. The van der Waals surface area contributed by atoms with Gasteiger partial charge in [0.2, 0.25) is 0 Å². The molecule has 1 atom stereocenters. The third kappa shape index (κ3) is 2.52. The molecule has 0 spiro atoms. The van der Waals surface area contributed by atoms with Crippen molar-refractivity contribution in [2.24, 2.45) is 0 Å². The van der Waals surface area contributed by atoms with Crippen LogP contribution in [0.1, 0.15) is 26.7 Å². The van der Waals surface area contributed by atoms with Crippen molar-refractivity contribution in [1.29, 1.82) is 0 Å². The van der Waals surface area contributed by atoms with Gasteiger partial charge >= 0.3 is 0 Å².